The Morgan fingerprint density at radius 1 is 0.818 bits per heavy atom. The quantitative estimate of drug-likeness (QED) is 0.233. The number of benzene rings is 3. The van der Waals surface area contributed by atoms with Gasteiger partial charge in [-0.15, -0.1) is 0 Å². The zero-order valence-corrected chi connectivity index (χ0v) is 15.5. The highest BCUT2D eigenvalue weighted by molar-refractivity contribution is 14.1. The maximum atomic E-state index is 3.66. The molecule has 4 rings (SSSR count). The van der Waals surface area contributed by atoms with Crippen molar-refractivity contribution >= 4 is 60.3 Å². The minimum absolute atomic E-state index is 0.946. The van der Waals surface area contributed by atoms with Gasteiger partial charge in [-0.2, -0.15) is 0 Å². The molecule has 0 aliphatic heterocycles. The van der Waals surface area contributed by atoms with Crippen LogP contribution in [-0.4, -0.2) is 4.57 Å². The van der Waals surface area contributed by atoms with Crippen LogP contribution in [0.15, 0.2) is 71.2 Å². The number of para-hydroxylation sites is 1. The van der Waals surface area contributed by atoms with E-state index in [9.17, 15) is 0 Å². The van der Waals surface area contributed by atoms with Gasteiger partial charge >= 0.3 is 0 Å². The summed E-state index contributed by atoms with van der Waals surface area (Å²) < 4.78 is 4.46. The Balaban J connectivity index is 2.06. The zero-order chi connectivity index (χ0) is 15.1. The molecule has 3 aromatic carbocycles. The SMILES string of the molecule is Brc1ccccc1-c1ccc2c3ccccc3n(CI)c2c1. The number of fused-ring (bicyclic) bond motifs is 3. The van der Waals surface area contributed by atoms with Gasteiger partial charge in [-0.05, 0) is 29.3 Å². The standard InChI is InChI=1S/C19H13BrIN/c20-17-7-3-1-5-14(17)13-9-10-16-15-6-2-4-8-18(15)22(12-21)19(16)11-13/h1-11H,12H2. The minimum Gasteiger partial charge on any atom is -0.331 e. The molecule has 108 valence electrons. The topological polar surface area (TPSA) is 4.93 Å². The van der Waals surface area contributed by atoms with Gasteiger partial charge in [0.05, 0.1) is 10.1 Å². The number of hydrogen-bond donors (Lipinski definition) is 0. The first-order chi connectivity index (χ1) is 10.8. The Kier molecular flexibility index (Phi) is 3.70. The van der Waals surface area contributed by atoms with Crippen molar-refractivity contribution in [2.45, 2.75) is 4.55 Å². The van der Waals surface area contributed by atoms with E-state index in [-0.39, 0.29) is 0 Å². The van der Waals surface area contributed by atoms with E-state index >= 15 is 0 Å². The van der Waals surface area contributed by atoms with Gasteiger partial charge in [0.1, 0.15) is 0 Å². The van der Waals surface area contributed by atoms with Crippen molar-refractivity contribution < 1.29 is 0 Å². The molecule has 1 nitrogen and oxygen atoms in total. The molecule has 0 bridgehead atoms. The van der Waals surface area contributed by atoms with E-state index < -0.39 is 0 Å². The average molecular weight is 462 g/mol. The number of halogens is 2. The Bertz CT molecular complexity index is 987. The first kappa shape index (κ1) is 14.3. The average Bonchev–Trinajstić information content (AvgIpc) is 2.88. The third-order valence-corrected chi connectivity index (χ3v) is 5.45. The molecule has 4 aromatic rings. The maximum Gasteiger partial charge on any atom is 0.0748 e. The van der Waals surface area contributed by atoms with Crippen LogP contribution in [0, 0.1) is 0 Å². The highest BCUT2D eigenvalue weighted by Gasteiger charge is 2.11. The predicted molar refractivity (Wildman–Crippen MR) is 107 cm³/mol. The zero-order valence-electron chi connectivity index (χ0n) is 11.8. The highest BCUT2D eigenvalue weighted by Crippen LogP contribution is 2.35. The second-order valence-corrected chi connectivity index (χ2v) is 6.81. The minimum atomic E-state index is 0.946. The monoisotopic (exact) mass is 461 g/mol. The van der Waals surface area contributed by atoms with Crippen molar-refractivity contribution in [3.8, 4) is 11.1 Å². The summed E-state index contributed by atoms with van der Waals surface area (Å²) in [6.45, 7) is 0. The first-order valence-electron chi connectivity index (χ1n) is 7.11. The Labute approximate surface area is 151 Å². The van der Waals surface area contributed by atoms with Crippen LogP contribution in [-0.2, 0) is 4.55 Å². The van der Waals surface area contributed by atoms with Crippen LogP contribution in [0.3, 0.4) is 0 Å². The molecule has 0 aliphatic rings. The van der Waals surface area contributed by atoms with Crippen molar-refractivity contribution in [1.82, 2.24) is 4.57 Å². The molecule has 0 saturated heterocycles. The molecule has 0 saturated carbocycles. The Hall–Kier alpha value is -1.33. The number of hydrogen-bond acceptors (Lipinski definition) is 0. The summed E-state index contributed by atoms with van der Waals surface area (Å²) in [5.41, 5.74) is 5.07. The van der Waals surface area contributed by atoms with Gasteiger partial charge in [0.15, 0.2) is 0 Å². The second kappa shape index (κ2) is 5.70. The lowest BCUT2D eigenvalue weighted by Gasteiger charge is -2.07. The smallest absolute Gasteiger partial charge is 0.0748 e. The van der Waals surface area contributed by atoms with Crippen LogP contribution < -0.4 is 0 Å². The largest absolute Gasteiger partial charge is 0.331 e. The van der Waals surface area contributed by atoms with Crippen molar-refractivity contribution in [3.63, 3.8) is 0 Å². The van der Waals surface area contributed by atoms with E-state index in [1.807, 2.05) is 6.07 Å². The van der Waals surface area contributed by atoms with Crippen LogP contribution in [0.4, 0.5) is 0 Å². The van der Waals surface area contributed by atoms with Gasteiger partial charge in [-0.25, -0.2) is 0 Å². The summed E-state index contributed by atoms with van der Waals surface area (Å²) >= 11 is 6.09. The summed E-state index contributed by atoms with van der Waals surface area (Å²) in [7, 11) is 0. The number of aromatic nitrogens is 1. The molecule has 22 heavy (non-hydrogen) atoms. The van der Waals surface area contributed by atoms with E-state index in [1.165, 1.54) is 32.9 Å². The molecule has 1 aromatic heterocycles. The van der Waals surface area contributed by atoms with Crippen molar-refractivity contribution in [2.75, 3.05) is 0 Å². The van der Waals surface area contributed by atoms with E-state index in [0.29, 0.717) is 0 Å². The molecule has 0 atom stereocenters. The second-order valence-electron chi connectivity index (χ2n) is 5.28. The molecule has 0 amide bonds. The fraction of sp³-hybridized carbons (Fsp3) is 0.0526. The molecule has 0 N–H and O–H groups in total. The molecule has 0 unspecified atom stereocenters. The van der Waals surface area contributed by atoms with Gasteiger partial charge in [0.25, 0.3) is 0 Å². The third kappa shape index (κ3) is 2.18. The van der Waals surface area contributed by atoms with Crippen molar-refractivity contribution in [2.24, 2.45) is 0 Å². The summed E-state index contributed by atoms with van der Waals surface area (Å²) in [6.07, 6.45) is 0. The molecule has 1 heterocycles. The van der Waals surface area contributed by atoms with Crippen LogP contribution in [0.1, 0.15) is 0 Å². The third-order valence-electron chi connectivity index (χ3n) is 4.08. The lowest BCUT2D eigenvalue weighted by Crippen LogP contribution is -1.90. The molecular weight excluding hydrogens is 449 g/mol. The number of alkyl halides is 1. The highest BCUT2D eigenvalue weighted by atomic mass is 127. The van der Waals surface area contributed by atoms with Crippen LogP contribution in [0.25, 0.3) is 32.9 Å². The summed E-state index contributed by atoms with van der Waals surface area (Å²) in [6, 6.07) is 23.8. The molecular formula is C19H13BrIN. The number of rotatable bonds is 2. The molecule has 3 heteroatoms. The Morgan fingerprint density at radius 2 is 1.55 bits per heavy atom. The van der Waals surface area contributed by atoms with E-state index in [0.717, 1.165) is 9.02 Å². The van der Waals surface area contributed by atoms with Crippen LogP contribution in [0.2, 0.25) is 0 Å². The van der Waals surface area contributed by atoms with Gasteiger partial charge < -0.3 is 4.57 Å². The molecule has 0 radical (unpaired) electrons. The van der Waals surface area contributed by atoms with Crippen LogP contribution >= 0.6 is 38.5 Å². The van der Waals surface area contributed by atoms with Gasteiger partial charge in [0.2, 0.25) is 0 Å². The molecule has 0 aliphatic carbocycles. The van der Waals surface area contributed by atoms with Gasteiger partial charge in [0, 0.05) is 20.8 Å². The van der Waals surface area contributed by atoms with Gasteiger partial charge in [-0.3, -0.25) is 0 Å². The maximum absolute atomic E-state index is 3.66. The number of nitrogens with zero attached hydrogens (tertiary/aromatic N) is 1. The fourth-order valence-corrected chi connectivity index (χ4v) is 4.29. The first-order valence-corrected chi connectivity index (χ1v) is 9.43. The summed E-state index contributed by atoms with van der Waals surface area (Å²) in [5.74, 6) is 0. The summed E-state index contributed by atoms with van der Waals surface area (Å²) in [4.78, 5) is 0. The predicted octanol–water partition coefficient (Wildman–Crippen LogP) is 6.62. The molecule has 0 spiro atoms. The normalized spacial score (nSPS) is 11.4. The lowest BCUT2D eigenvalue weighted by molar-refractivity contribution is 1.01. The van der Waals surface area contributed by atoms with Crippen molar-refractivity contribution in [1.29, 1.82) is 0 Å². The Morgan fingerprint density at radius 3 is 2.36 bits per heavy atom. The van der Waals surface area contributed by atoms with E-state index in [1.54, 1.807) is 0 Å². The van der Waals surface area contributed by atoms with E-state index in [4.69, 9.17) is 0 Å². The molecule has 0 fully saturated rings. The van der Waals surface area contributed by atoms with E-state index in [2.05, 4.69) is 104 Å². The van der Waals surface area contributed by atoms with Crippen molar-refractivity contribution in [3.05, 3.63) is 71.2 Å². The lowest BCUT2D eigenvalue weighted by atomic mass is 10.0. The van der Waals surface area contributed by atoms with Crippen LogP contribution in [0.5, 0.6) is 0 Å². The fourth-order valence-electron chi connectivity index (χ4n) is 3.04. The summed E-state index contributed by atoms with van der Waals surface area (Å²) in [5, 5.41) is 2.65. The van der Waals surface area contributed by atoms with Gasteiger partial charge in [-0.1, -0.05) is 87.1 Å².